The molecular formula is C37H29N3O4. The number of hydrazone groups is 1. The van der Waals surface area contributed by atoms with E-state index in [2.05, 4.69) is 12.2 Å². The molecule has 12 rings (SSSR count). The van der Waals surface area contributed by atoms with E-state index in [1.807, 2.05) is 79.7 Å². The van der Waals surface area contributed by atoms with Crippen LogP contribution in [-0.4, -0.2) is 34.9 Å². The van der Waals surface area contributed by atoms with Crippen LogP contribution in [0.5, 0.6) is 0 Å². The number of rotatable bonds is 3. The Morgan fingerprint density at radius 1 is 0.705 bits per heavy atom. The van der Waals surface area contributed by atoms with Crippen molar-refractivity contribution in [3.05, 3.63) is 113 Å². The van der Waals surface area contributed by atoms with Crippen molar-refractivity contribution in [2.75, 3.05) is 4.90 Å². The zero-order valence-corrected chi connectivity index (χ0v) is 24.0. The topological polar surface area (TPSA) is 87.1 Å². The van der Waals surface area contributed by atoms with Gasteiger partial charge in [-0.05, 0) is 71.4 Å². The zero-order valence-electron chi connectivity index (χ0n) is 24.0. The van der Waals surface area contributed by atoms with Gasteiger partial charge in [0, 0.05) is 12.1 Å². The van der Waals surface area contributed by atoms with Crippen LogP contribution in [0, 0.1) is 54.3 Å². The van der Waals surface area contributed by atoms with Gasteiger partial charge in [0.15, 0.2) is 0 Å². The summed E-state index contributed by atoms with van der Waals surface area (Å²) < 4.78 is 0. The van der Waals surface area contributed by atoms with Crippen molar-refractivity contribution in [1.82, 2.24) is 5.01 Å². The van der Waals surface area contributed by atoms with Gasteiger partial charge in [-0.2, -0.15) is 10.1 Å². The quantitative estimate of drug-likeness (QED) is 0.258. The molecule has 216 valence electrons. The number of benzene rings is 3. The third-order valence-corrected chi connectivity index (χ3v) is 12.0. The number of anilines is 1. The number of allylic oxidation sites excluding steroid dienone is 2. The molecule has 3 aromatic rings. The van der Waals surface area contributed by atoms with Gasteiger partial charge in [-0.1, -0.05) is 78.4 Å². The highest BCUT2D eigenvalue weighted by Crippen LogP contribution is 2.66. The number of imide groups is 2. The molecule has 7 nitrogen and oxygen atoms in total. The Labute approximate surface area is 254 Å². The van der Waals surface area contributed by atoms with Crippen molar-refractivity contribution in [2.24, 2.45) is 52.4 Å². The van der Waals surface area contributed by atoms with Crippen LogP contribution in [0.4, 0.5) is 5.69 Å². The first-order chi connectivity index (χ1) is 21.4. The second-order valence-corrected chi connectivity index (χ2v) is 13.8. The lowest BCUT2D eigenvalue weighted by molar-refractivity contribution is -0.140. The number of amides is 4. The molecule has 4 bridgehead atoms. The van der Waals surface area contributed by atoms with E-state index in [-0.39, 0.29) is 53.2 Å². The van der Waals surface area contributed by atoms with E-state index >= 15 is 0 Å². The maximum absolute atomic E-state index is 14.6. The summed E-state index contributed by atoms with van der Waals surface area (Å²) in [7, 11) is 0. The highest BCUT2D eigenvalue weighted by Gasteiger charge is 2.69. The van der Waals surface area contributed by atoms with Gasteiger partial charge >= 0.3 is 0 Å². The first-order valence-corrected chi connectivity index (χ1v) is 15.7. The van der Waals surface area contributed by atoms with Crippen LogP contribution in [0.25, 0.3) is 0 Å². The van der Waals surface area contributed by atoms with Crippen LogP contribution in [0.1, 0.15) is 40.2 Å². The molecule has 0 aromatic heterocycles. The van der Waals surface area contributed by atoms with Crippen molar-refractivity contribution in [3.63, 3.8) is 0 Å². The second kappa shape index (κ2) is 8.08. The number of carbonyl (C=O) groups excluding carboxylic acids is 4. The van der Waals surface area contributed by atoms with Crippen LogP contribution in [0.2, 0.25) is 0 Å². The van der Waals surface area contributed by atoms with Gasteiger partial charge < -0.3 is 0 Å². The standard InChI is InChI=1S/C37H29N3O4/c1-18-10-12-19(13-11-18)39-33(41)31-28-22-6-2-4-8-26(22)37(32(31)36(39)44,27-9-5-3-7-23(27)28)17-38-40-34(42)29-20-14-15-21(25-16-24(20)25)30(29)35(40)43/h2-15,17,20-21,24-25,28-32H,16H2,1H3/b38-17-/t20-,21-,24-,25+,28?,29+,30+,31+,32-,37?/m0/s1. The van der Waals surface area contributed by atoms with E-state index in [1.165, 1.54) is 4.90 Å². The van der Waals surface area contributed by atoms with Crippen molar-refractivity contribution in [1.29, 1.82) is 0 Å². The summed E-state index contributed by atoms with van der Waals surface area (Å²) >= 11 is 0. The van der Waals surface area contributed by atoms with E-state index in [9.17, 15) is 19.2 Å². The number of aryl methyl sites for hydroxylation is 1. The van der Waals surface area contributed by atoms with Gasteiger partial charge in [-0.3, -0.25) is 19.2 Å². The largest absolute Gasteiger partial charge is 0.274 e. The number of hydrogen-bond acceptors (Lipinski definition) is 5. The SMILES string of the molecule is Cc1ccc(N2C(=O)[C@@H]3C4c5ccccc5C(/C=N\N5C(=O)[C@@H]6[C@H]7C=C[C@@H]([C@@H]8C[C@H]78)[C@H]6C5=O)(c5ccccc54)[C@@H]3C2=O)cc1. The predicted octanol–water partition coefficient (Wildman–Crippen LogP) is 4.58. The first kappa shape index (κ1) is 24.8. The molecule has 2 saturated carbocycles. The smallest absolute Gasteiger partial charge is 0.254 e. The summed E-state index contributed by atoms with van der Waals surface area (Å²) in [6, 6.07) is 23.4. The lowest BCUT2D eigenvalue weighted by atomic mass is 9.47. The molecule has 2 saturated heterocycles. The van der Waals surface area contributed by atoms with Crippen molar-refractivity contribution in [3.8, 4) is 0 Å². The summed E-state index contributed by atoms with van der Waals surface area (Å²) in [5, 5.41) is 5.86. The monoisotopic (exact) mass is 579 g/mol. The fourth-order valence-electron chi connectivity index (χ4n) is 10.2. The minimum Gasteiger partial charge on any atom is -0.274 e. The lowest BCUT2D eigenvalue weighted by Crippen LogP contribution is -2.55. The highest BCUT2D eigenvalue weighted by molar-refractivity contribution is 6.25. The van der Waals surface area contributed by atoms with Crippen LogP contribution in [0.3, 0.4) is 0 Å². The summed E-state index contributed by atoms with van der Waals surface area (Å²) in [4.78, 5) is 58.1. The Morgan fingerprint density at radius 2 is 1.27 bits per heavy atom. The molecule has 0 spiro atoms. The van der Waals surface area contributed by atoms with Gasteiger partial charge in [0.2, 0.25) is 11.8 Å². The second-order valence-electron chi connectivity index (χ2n) is 13.8. The third kappa shape index (κ3) is 2.73. The minimum absolute atomic E-state index is 0.0952. The maximum Gasteiger partial charge on any atom is 0.254 e. The van der Waals surface area contributed by atoms with Gasteiger partial charge in [0.05, 0.1) is 34.8 Å². The van der Waals surface area contributed by atoms with E-state index in [0.717, 1.165) is 39.2 Å². The zero-order chi connectivity index (χ0) is 29.6. The fraction of sp³-hybridized carbons (Fsp3) is 0.324. The van der Waals surface area contributed by atoms with Crippen molar-refractivity contribution >= 4 is 35.5 Å². The first-order valence-electron chi connectivity index (χ1n) is 15.7. The summed E-state index contributed by atoms with van der Waals surface area (Å²) in [5.74, 6) is -2.23. The molecule has 0 radical (unpaired) electrons. The number of hydrogen-bond donors (Lipinski definition) is 0. The molecule has 0 unspecified atom stereocenters. The average Bonchev–Trinajstić information content (AvgIpc) is 3.78. The molecule has 3 aromatic carbocycles. The molecule has 7 heteroatoms. The van der Waals surface area contributed by atoms with Crippen LogP contribution in [-0.2, 0) is 24.6 Å². The normalized spacial score (nSPS) is 38.2. The van der Waals surface area contributed by atoms with Crippen LogP contribution < -0.4 is 4.90 Å². The van der Waals surface area contributed by atoms with Crippen LogP contribution >= 0.6 is 0 Å². The third-order valence-electron chi connectivity index (χ3n) is 12.0. The molecular weight excluding hydrogens is 550 g/mol. The average molecular weight is 580 g/mol. The minimum atomic E-state index is -1.13. The lowest BCUT2D eigenvalue weighted by Gasteiger charge is -2.52. The van der Waals surface area contributed by atoms with E-state index in [1.54, 1.807) is 6.21 Å². The predicted molar refractivity (Wildman–Crippen MR) is 161 cm³/mol. The molecule has 44 heavy (non-hydrogen) atoms. The van der Waals surface area contributed by atoms with Crippen molar-refractivity contribution in [2.45, 2.75) is 24.7 Å². The molecule has 2 aliphatic heterocycles. The fourth-order valence-corrected chi connectivity index (χ4v) is 10.2. The Balaban J connectivity index is 1.15. The number of nitrogens with zero attached hydrogens (tertiary/aromatic N) is 3. The molecule has 8 atom stereocenters. The summed E-state index contributed by atoms with van der Waals surface area (Å²) in [6.07, 6.45) is 7.07. The van der Waals surface area contributed by atoms with Gasteiger partial charge in [0.25, 0.3) is 11.8 Å². The summed E-state index contributed by atoms with van der Waals surface area (Å²) in [6.45, 7) is 1.97. The molecule has 4 amide bonds. The van der Waals surface area contributed by atoms with Gasteiger partial charge in [-0.15, -0.1) is 0 Å². The molecule has 4 fully saturated rings. The molecule has 7 aliphatic carbocycles. The maximum atomic E-state index is 14.6. The Morgan fingerprint density at radius 3 is 1.86 bits per heavy atom. The van der Waals surface area contributed by atoms with E-state index in [4.69, 9.17) is 5.10 Å². The van der Waals surface area contributed by atoms with Crippen molar-refractivity contribution < 1.29 is 19.2 Å². The highest BCUT2D eigenvalue weighted by atomic mass is 16.2. The Hall–Kier alpha value is -4.65. The summed E-state index contributed by atoms with van der Waals surface area (Å²) in [5.41, 5.74) is 4.24. The molecule has 0 N–H and O–H groups in total. The van der Waals surface area contributed by atoms with Gasteiger partial charge in [-0.25, -0.2) is 4.90 Å². The molecule has 2 heterocycles. The van der Waals surface area contributed by atoms with Crippen LogP contribution in [0.15, 0.2) is 90.0 Å². The van der Waals surface area contributed by atoms with E-state index < -0.39 is 17.3 Å². The number of carbonyl (C=O) groups is 4. The Kier molecular flexibility index (Phi) is 4.55. The van der Waals surface area contributed by atoms with E-state index in [0.29, 0.717) is 17.5 Å². The Bertz CT molecular complexity index is 1840. The van der Waals surface area contributed by atoms with Gasteiger partial charge in [0.1, 0.15) is 0 Å². The molecule has 9 aliphatic rings.